The first kappa shape index (κ1) is 35.0. The van der Waals surface area contributed by atoms with Crippen LogP contribution in [-0.4, -0.2) is 19.5 Å². The fourth-order valence-electron chi connectivity index (χ4n) is 8.63. The molecule has 5 heteroatoms. The van der Waals surface area contributed by atoms with Crippen LogP contribution in [0.25, 0.3) is 114 Å². The summed E-state index contributed by atoms with van der Waals surface area (Å²) < 4.78 is 4.84. The SMILES string of the molecule is CCC.c1ccc(-c2nc(-c3ccc4ccccc4c3)nc(-n3c4ccc5ccccc5c4c4cccc(-c5ccc6c(c5)sc5ccc7ccccc7c56)c43)n2)cc1. The van der Waals surface area contributed by atoms with E-state index in [4.69, 9.17) is 15.0 Å². The Hall–Kier alpha value is -7.21. The molecule has 0 spiro atoms. The molecule has 0 bridgehead atoms. The molecular formula is C54H38N4S. The van der Waals surface area contributed by atoms with Gasteiger partial charge in [-0.3, -0.25) is 4.57 Å². The van der Waals surface area contributed by atoms with Gasteiger partial charge in [-0.15, -0.1) is 11.3 Å². The average molecular weight is 775 g/mol. The number of fused-ring (bicyclic) bond motifs is 11. The van der Waals surface area contributed by atoms with E-state index in [1.165, 1.54) is 58.9 Å². The Bertz CT molecular complexity index is 3560. The van der Waals surface area contributed by atoms with E-state index in [1.807, 2.05) is 29.5 Å². The van der Waals surface area contributed by atoms with E-state index < -0.39 is 0 Å². The normalized spacial score (nSPS) is 11.6. The maximum absolute atomic E-state index is 5.34. The highest BCUT2D eigenvalue weighted by Gasteiger charge is 2.22. The molecule has 0 saturated carbocycles. The summed E-state index contributed by atoms with van der Waals surface area (Å²) in [4.78, 5) is 15.8. The molecule has 0 unspecified atom stereocenters. The Morgan fingerprint density at radius 1 is 0.424 bits per heavy atom. The smallest absolute Gasteiger partial charge is 0.238 e. The Morgan fingerprint density at radius 3 is 1.81 bits per heavy atom. The van der Waals surface area contributed by atoms with Crippen LogP contribution in [0.1, 0.15) is 20.3 Å². The van der Waals surface area contributed by atoms with Gasteiger partial charge < -0.3 is 0 Å². The Kier molecular flexibility index (Phi) is 8.49. The molecule has 0 N–H and O–H groups in total. The van der Waals surface area contributed by atoms with Gasteiger partial charge in [0.15, 0.2) is 11.6 Å². The topological polar surface area (TPSA) is 43.6 Å². The van der Waals surface area contributed by atoms with Gasteiger partial charge in [-0.2, -0.15) is 9.97 Å². The van der Waals surface area contributed by atoms with Crippen molar-refractivity contribution in [2.45, 2.75) is 20.3 Å². The third kappa shape index (κ3) is 5.85. The molecule has 0 fully saturated rings. The van der Waals surface area contributed by atoms with Crippen LogP contribution in [0, 0.1) is 0 Å². The van der Waals surface area contributed by atoms with E-state index in [2.05, 4.69) is 182 Å². The second kappa shape index (κ2) is 14.3. The van der Waals surface area contributed by atoms with Gasteiger partial charge in [0.2, 0.25) is 5.95 Å². The standard InChI is InChI=1S/C51H30N4S.C3H8/c1-2-14-34(15-3-1)49-52-50(37-22-21-31-11-4-5-16-35(31)29-37)54-51(53-49)55-43-27-24-32-12-6-8-17-38(32)46(43)42-20-10-19-40(48(42)55)36-23-26-41-45(30-36)56-44-28-25-33-13-7-9-18-39(33)47(41)44;1-3-2/h1-30H;3H2,1-2H3. The predicted octanol–water partition coefficient (Wildman–Crippen LogP) is 15.2. The molecule has 0 saturated heterocycles. The maximum atomic E-state index is 5.34. The lowest BCUT2D eigenvalue weighted by atomic mass is 9.98. The summed E-state index contributed by atoms with van der Waals surface area (Å²) in [7, 11) is 0. The first-order valence-electron chi connectivity index (χ1n) is 20.3. The summed E-state index contributed by atoms with van der Waals surface area (Å²) in [6, 6.07) is 65.0. The largest absolute Gasteiger partial charge is 0.277 e. The molecule has 0 aliphatic heterocycles. The highest BCUT2D eigenvalue weighted by atomic mass is 32.1. The van der Waals surface area contributed by atoms with Crippen molar-refractivity contribution in [2.75, 3.05) is 0 Å². The molecule has 9 aromatic carbocycles. The minimum absolute atomic E-state index is 0.583. The number of hydrogen-bond acceptors (Lipinski definition) is 4. The van der Waals surface area contributed by atoms with E-state index in [0.717, 1.165) is 44.1 Å². The molecule has 4 nitrogen and oxygen atoms in total. The minimum Gasteiger partial charge on any atom is -0.277 e. The zero-order valence-corrected chi connectivity index (χ0v) is 33.5. The van der Waals surface area contributed by atoms with Crippen LogP contribution in [0.3, 0.4) is 0 Å². The van der Waals surface area contributed by atoms with Crippen LogP contribution in [0.15, 0.2) is 182 Å². The molecule has 12 rings (SSSR count). The molecule has 0 aliphatic rings. The van der Waals surface area contributed by atoms with Gasteiger partial charge in [0.1, 0.15) is 0 Å². The predicted molar refractivity (Wildman–Crippen MR) is 252 cm³/mol. The maximum Gasteiger partial charge on any atom is 0.238 e. The molecule has 0 atom stereocenters. The van der Waals surface area contributed by atoms with E-state index >= 15 is 0 Å². The van der Waals surface area contributed by atoms with Crippen LogP contribution in [0.2, 0.25) is 0 Å². The number of para-hydroxylation sites is 1. The monoisotopic (exact) mass is 774 g/mol. The van der Waals surface area contributed by atoms with E-state index in [-0.39, 0.29) is 0 Å². The second-order valence-corrected chi connectivity index (χ2v) is 16.2. The van der Waals surface area contributed by atoms with Gasteiger partial charge in [-0.1, -0.05) is 178 Å². The molecular weight excluding hydrogens is 737 g/mol. The highest BCUT2D eigenvalue weighted by molar-refractivity contribution is 7.26. The molecule has 0 radical (unpaired) electrons. The fraction of sp³-hybridized carbons (Fsp3) is 0.0556. The van der Waals surface area contributed by atoms with Crippen molar-refractivity contribution in [1.29, 1.82) is 0 Å². The van der Waals surface area contributed by atoms with Gasteiger partial charge >= 0.3 is 0 Å². The molecule has 59 heavy (non-hydrogen) atoms. The zero-order valence-electron chi connectivity index (χ0n) is 32.7. The Morgan fingerprint density at radius 2 is 1.03 bits per heavy atom. The number of nitrogens with zero attached hydrogens (tertiary/aromatic N) is 4. The summed E-state index contributed by atoms with van der Waals surface area (Å²) in [5.74, 6) is 1.84. The fourth-order valence-corrected chi connectivity index (χ4v) is 9.79. The average Bonchev–Trinajstić information content (AvgIpc) is 3.85. The Labute approximate surface area is 345 Å². The summed E-state index contributed by atoms with van der Waals surface area (Å²) in [5.41, 5.74) is 6.28. The summed E-state index contributed by atoms with van der Waals surface area (Å²) in [6.45, 7) is 4.25. The lowest BCUT2D eigenvalue weighted by molar-refractivity contribution is 0.954. The van der Waals surface area contributed by atoms with Crippen molar-refractivity contribution in [3.8, 4) is 39.9 Å². The van der Waals surface area contributed by atoms with Gasteiger partial charge in [-0.25, -0.2) is 4.98 Å². The van der Waals surface area contributed by atoms with Crippen LogP contribution in [0.5, 0.6) is 0 Å². The van der Waals surface area contributed by atoms with Gasteiger partial charge in [0, 0.05) is 47.6 Å². The van der Waals surface area contributed by atoms with E-state index in [1.54, 1.807) is 0 Å². The molecule has 0 amide bonds. The molecule has 3 heterocycles. The van der Waals surface area contributed by atoms with Crippen LogP contribution < -0.4 is 0 Å². The highest BCUT2D eigenvalue weighted by Crippen LogP contribution is 2.44. The van der Waals surface area contributed by atoms with Crippen LogP contribution in [-0.2, 0) is 0 Å². The summed E-state index contributed by atoms with van der Waals surface area (Å²) in [6.07, 6.45) is 1.25. The Balaban J connectivity index is 0.00000129. The van der Waals surface area contributed by atoms with Gasteiger partial charge in [0.25, 0.3) is 0 Å². The summed E-state index contributed by atoms with van der Waals surface area (Å²) >= 11 is 1.86. The third-order valence-corrected chi connectivity index (χ3v) is 12.3. The van der Waals surface area contributed by atoms with Crippen molar-refractivity contribution < 1.29 is 0 Å². The van der Waals surface area contributed by atoms with Crippen molar-refractivity contribution >= 4 is 85.6 Å². The first-order chi connectivity index (χ1) is 29.2. The van der Waals surface area contributed by atoms with Gasteiger partial charge in [-0.05, 0) is 62.1 Å². The van der Waals surface area contributed by atoms with Crippen molar-refractivity contribution in [3.63, 3.8) is 0 Å². The molecule has 3 aromatic heterocycles. The van der Waals surface area contributed by atoms with Crippen molar-refractivity contribution in [1.82, 2.24) is 19.5 Å². The van der Waals surface area contributed by atoms with Gasteiger partial charge in [0.05, 0.1) is 11.0 Å². The quantitative estimate of drug-likeness (QED) is 0.179. The number of hydrogen-bond donors (Lipinski definition) is 0. The van der Waals surface area contributed by atoms with E-state index in [0.29, 0.717) is 17.6 Å². The number of benzene rings is 9. The summed E-state index contributed by atoms with van der Waals surface area (Å²) in [5, 5.41) is 12.2. The lowest BCUT2D eigenvalue weighted by Crippen LogP contribution is -2.07. The van der Waals surface area contributed by atoms with Crippen molar-refractivity contribution in [3.05, 3.63) is 182 Å². The molecule has 0 aliphatic carbocycles. The van der Waals surface area contributed by atoms with Crippen LogP contribution >= 0.6 is 11.3 Å². The second-order valence-electron chi connectivity index (χ2n) is 15.1. The first-order valence-corrected chi connectivity index (χ1v) is 21.1. The van der Waals surface area contributed by atoms with Crippen LogP contribution in [0.4, 0.5) is 0 Å². The third-order valence-electron chi connectivity index (χ3n) is 11.2. The van der Waals surface area contributed by atoms with Crippen molar-refractivity contribution in [2.24, 2.45) is 0 Å². The zero-order chi connectivity index (χ0) is 39.5. The lowest BCUT2D eigenvalue weighted by Gasteiger charge is -2.13. The number of thiophene rings is 1. The van der Waals surface area contributed by atoms with E-state index in [9.17, 15) is 0 Å². The number of aromatic nitrogens is 4. The minimum atomic E-state index is 0.583. The molecule has 280 valence electrons. The molecule has 12 aromatic rings. The number of rotatable bonds is 4.